The third-order valence-electron chi connectivity index (χ3n) is 4.82. The van der Waals surface area contributed by atoms with Crippen molar-refractivity contribution in [2.75, 3.05) is 7.11 Å². The van der Waals surface area contributed by atoms with E-state index in [4.69, 9.17) is 21.1 Å². The molecule has 4 aromatic rings. The molecule has 29 heavy (non-hydrogen) atoms. The molecule has 6 heteroatoms. The number of pyridine rings is 2. The number of carbonyl (C=O) groups is 1. The molecular weight excluding hydrogens is 388 g/mol. The maximum Gasteiger partial charge on any atom is 0.340 e. The van der Waals surface area contributed by atoms with Gasteiger partial charge in [0.2, 0.25) is 0 Å². The summed E-state index contributed by atoms with van der Waals surface area (Å²) in [5, 5.41) is 2.17. The normalized spacial score (nSPS) is 11.1. The highest BCUT2D eigenvalue weighted by atomic mass is 35.5. The number of aromatic nitrogens is 2. The van der Waals surface area contributed by atoms with Crippen molar-refractivity contribution in [2.24, 2.45) is 0 Å². The van der Waals surface area contributed by atoms with Crippen molar-refractivity contribution in [3.63, 3.8) is 0 Å². The Labute approximate surface area is 173 Å². The molecule has 0 N–H and O–H groups in total. The SMILES string of the molecule is COCc1nc2ccccc2c(C)c1C(=O)OCc1cc2ccccc2nc1Cl. The van der Waals surface area contributed by atoms with Gasteiger partial charge in [-0.25, -0.2) is 14.8 Å². The summed E-state index contributed by atoms with van der Waals surface area (Å²) in [6.45, 7) is 2.13. The molecule has 0 aliphatic heterocycles. The predicted molar refractivity (Wildman–Crippen MR) is 113 cm³/mol. The highest BCUT2D eigenvalue weighted by Crippen LogP contribution is 2.26. The fraction of sp³-hybridized carbons (Fsp3) is 0.174. The molecule has 0 saturated carbocycles. The lowest BCUT2D eigenvalue weighted by atomic mass is 10.0. The van der Waals surface area contributed by atoms with Gasteiger partial charge in [-0.15, -0.1) is 0 Å². The first kappa shape index (κ1) is 19.3. The second-order valence-electron chi connectivity index (χ2n) is 6.72. The van der Waals surface area contributed by atoms with E-state index in [1.165, 1.54) is 0 Å². The summed E-state index contributed by atoms with van der Waals surface area (Å²) < 4.78 is 10.9. The van der Waals surface area contributed by atoms with Crippen molar-refractivity contribution in [3.8, 4) is 0 Å². The lowest BCUT2D eigenvalue weighted by Gasteiger charge is -2.14. The third kappa shape index (κ3) is 3.79. The Balaban J connectivity index is 1.66. The van der Waals surface area contributed by atoms with Gasteiger partial charge >= 0.3 is 5.97 Å². The smallest absolute Gasteiger partial charge is 0.340 e. The number of fused-ring (bicyclic) bond motifs is 2. The summed E-state index contributed by atoms with van der Waals surface area (Å²) in [7, 11) is 1.57. The van der Waals surface area contributed by atoms with Crippen LogP contribution >= 0.6 is 11.6 Å². The van der Waals surface area contributed by atoms with Crippen molar-refractivity contribution in [1.29, 1.82) is 0 Å². The Bertz CT molecular complexity index is 1220. The Morgan fingerprint density at radius 2 is 1.72 bits per heavy atom. The molecule has 0 aliphatic carbocycles. The van der Waals surface area contributed by atoms with Crippen molar-refractivity contribution < 1.29 is 14.3 Å². The number of nitrogens with zero attached hydrogens (tertiary/aromatic N) is 2. The maximum absolute atomic E-state index is 13.0. The number of para-hydroxylation sites is 2. The van der Waals surface area contributed by atoms with E-state index in [9.17, 15) is 4.79 Å². The van der Waals surface area contributed by atoms with Crippen molar-refractivity contribution in [1.82, 2.24) is 9.97 Å². The molecule has 5 nitrogen and oxygen atoms in total. The summed E-state index contributed by atoms with van der Waals surface area (Å²) in [4.78, 5) is 21.9. The van der Waals surface area contributed by atoms with Crippen LogP contribution in [0.5, 0.6) is 0 Å². The first-order chi connectivity index (χ1) is 14.1. The largest absolute Gasteiger partial charge is 0.457 e. The minimum absolute atomic E-state index is 0.0220. The molecule has 0 aliphatic rings. The molecule has 0 atom stereocenters. The van der Waals surface area contributed by atoms with E-state index in [0.717, 1.165) is 27.4 Å². The molecule has 146 valence electrons. The zero-order valence-electron chi connectivity index (χ0n) is 16.1. The van der Waals surface area contributed by atoms with Crippen LogP contribution in [0.2, 0.25) is 5.15 Å². The number of esters is 1. The van der Waals surface area contributed by atoms with E-state index in [2.05, 4.69) is 9.97 Å². The van der Waals surface area contributed by atoms with Crippen molar-refractivity contribution in [3.05, 3.63) is 82.1 Å². The Hall–Kier alpha value is -3.02. The summed E-state index contributed by atoms with van der Waals surface area (Å²) in [6, 6.07) is 17.2. The van der Waals surface area contributed by atoms with E-state index in [1.807, 2.05) is 61.5 Å². The molecule has 2 aromatic carbocycles. The molecule has 4 rings (SSSR count). The van der Waals surface area contributed by atoms with Gasteiger partial charge in [-0.05, 0) is 30.7 Å². The van der Waals surface area contributed by atoms with Crippen LogP contribution in [0.15, 0.2) is 54.6 Å². The maximum atomic E-state index is 13.0. The van der Waals surface area contributed by atoms with Gasteiger partial charge in [-0.3, -0.25) is 0 Å². The highest BCUT2D eigenvalue weighted by molar-refractivity contribution is 6.30. The topological polar surface area (TPSA) is 61.3 Å². The average Bonchev–Trinajstić information content (AvgIpc) is 2.72. The minimum Gasteiger partial charge on any atom is -0.457 e. The van der Waals surface area contributed by atoms with Crippen LogP contribution in [0.1, 0.15) is 27.2 Å². The molecule has 0 saturated heterocycles. The number of hydrogen-bond donors (Lipinski definition) is 0. The molecule has 0 bridgehead atoms. The first-order valence-corrected chi connectivity index (χ1v) is 9.54. The van der Waals surface area contributed by atoms with E-state index >= 15 is 0 Å². The number of carbonyl (C=O) groups excluding carboxylic acids is 1. The molecule has 0 fully saturated rings. The fourth-order valence-corrected chi connectivity index (χ4v) is 3.61. The van der Waals surface area contributed by atoms with E-state index in [-0.39, 0.29) is 13.2 Å². The van der Waals surface area contributed by atoms with Gasteiger partial charge in [0, 0.05) is 23.4 Å². The fourth-order valence-electron chi connectivity index (χ4n) is 3.41. The molecule has 2 aromatic heterocycles. The lowest BCUT2D eigenvalue weighted by Crippen LogP contribution is -2.13. The quantitative estimate of drug-likeness (QED) is 0.334. The number of aryl methyl sites for hydroxylation is 1. The van der Waals surface area contributed by atoms with Crippen LogP contribution in [0.25, 0.3) is 21.8 Å². The van der Waals surface area contributed by atoms with Crippen LogP contribution in [-0.4, -0.2) is 23.0 Å². The summed E-state index contributed by atoms with van der Waals surface area (Å²) in [5.74, 6) is -0.461. The zero-order chi connectivity index (χ0) is 20.4. The second kappa shape index (κ2) is 8.15. The third-order valence-corrected chi connectivity index (χ3v) is 5.15. The molecular formula is C23H19ClN2O3. The standard InChI is InChI=1S/C23H19ClN2O3/c1-14-17-8-4-6-10-19(17)25-20(13-28-2)21(14)23(27)29-12-16-11-15-7-3-5-9-18(15)26-22(16)24/h3-11H,12-13H2,1-2H3. The Morgan fingerprint density at radius 3 is 2.52 bits per heavy atom. The van der Waals surface area contributed by atoms with Crippen LogP contribution in [-0.2, 0) is 22.7 Å². The number of halogens is 1. The number of methoxy groups -OCH3 is 1. The monoisotopic (exact) mass is 406 g/mol. The number of hydrogen-bond acceptors (Lipinski definition) is 5. The van der Waals surface area contributed by atoms with Gasteiger partial charge in [-0.1, -0.05) is 48.0 Å². The van der Waals surface area contributed by atoms with Crippen molar-refractivity contribution >= 4 is 39.4 Å². The van der Waals surface area contributed by atoms with Crippen LogP contribution in [0.3, 0.4) is 0 Å². The van der Waals surface area contributed by atoms with Gasteiger partial charge in [0.05, 0.1) is 28.9 Å². The van der Waals surface area contributed by atoms with Gasteiger partial charge < -0.3 is 9.47 Å². The number of benzene rings is 2. The molecule has 2 heterocycles. The molecule has 0 spiro atoms. The summed E-state index contributed by atoms with van der Waals surface area (Å²) in [6.07, 6.45) is 0. The second-order valence-corrected chi connectivity index (χ2v) is 7.07. The van der Waals surface area contributed by atoms with Gasteiger partial charge in [-0.2, -0.15) is 0 Å². The number of ether oxygens (including phenoxy) is 2. The van der Waals surface area contributed by atoms with Crippen LogP contribution in [0, 0.1) is 6.92 Å². The highest BCUT2D eigenvalue weighted by Gasteiger charge is 2.20. The Morgan fingerprint density at radius 1 is 1.00 bits per heavy atom. The lowest BCUT2D eigenvalue weighted by molar-refractivity contribution is 0.0466. The summed E-state index contributed by atoms with van der Waals surface area (Å²) >= 11 is 6.29. The minimum atomic E-state index is -0.461. The van der Waals surface area contributed by atoms with Gasteiger partial charge in [0.25, 0.3) is 0 Å². The average molecular weight is 407 g/mol. The van der Waals surface area contributed by atoms with E-state index < -0.39 is 5.97 Å². The number of rotatable bonds is 5. The van der Waals surface area contributed by atoms with E-state index in [1.54, 1.807) is 7.11 Å². The van der Waals surface area contributed by atoms with E-state index in [0.29, 0.717) is 22.0 Å². The first-order valence-electron chi connectivity index (χ1n) is 9.17. The van der Waals surface area contributed by atoms with Crippen LogP contribution < -0.4 is 0 Å². The van der Waals surface area contributed by atoms with Gasteiger partial charge in [0.1, 0.15) is 11.8 Å². The van der Waals surface area contributed by atoms with Gasteiger partial charge in [0.15, 0.2) is 0 Å². The summed E-state index contributed by atoms with van der Waals surface area (Å²) in [5.41, 5.74) is 4.06. The Kier molecular flexibility index (Phi) is 5.43. The molecule has 0 radical (unpaired) electrons. The van der Waals surface area contributed by atoms with Crippen LogP contribution in [0.4, 0.5) is 0 Å². The van der Waals surface area contributed by atoms with Crippen molar-refractivity contribution in [2.45, 2.75) is 20.1 Å². The molecule has 0 amide bonds. The predicted octanol–water partition coefficient (Wildman–Crippen LogP) is 5.25. The zero-order valence-corrected chi connectivity index (χ0v) is 16.9. The molecule has 0 unspecified atom stereocenters.